The third-order valence-corrected chi connectivity index (χ3v) is 4.27. The molecule has 3 aromatic carbocycles. The number of rotatable bonds is 2. The lowest BCUT2D eigenvalue weighted by Gasteiger charge is -2.06. The summed E-state index contributed by atoms with van der Waals surface area (Å²) in [6.45, 7) is 0. The SMILES string of the molecule is O=C(Oc1ccc2oc3ccccc3c2c1)c1cc(Cl)ccc1Cl. The highest BCUT2D eigenvalue weighted by Gasteiger charge is 2.15. The van der Waals surface area contributed by atoms with Gasteiger partial charge in [-0.3, -0.25) is 0 Å². The summed E-state index contributed by atoms with van der Waals surface area (Å²) in [5, 5.41) is 2.56. The molecule has 4 aromatic rings. The molecule has 0 atom stereocenters. The minimum Gasteiger partial charge on any atom is -0.456 e. The fourth-order valence-corrected chi connectivity index (χ4v) is 2.95. The summed E-state index contributed by atoms with van der Waals surface area (Å²) in [5.41, 5.74) is 1.74. The Morgan fingerprint density at radius 3 is 2.54 bits per heavy atom. The van der Waals surface area contributed by atoms with E-state index in [-0.39, 0.29) is 5.56 Å². The number of carbonyl (C=O) groups excluding carboxylic acids is 1. The van der Waals surface area contributed by atoms with E-state index in [0.29, 0.717) is 15.8 Å². The van der Waals surface area contributed by atoms with Crippen molar-refractivity contribution in [1.82, 2.24) is 0 Å². The average molecular weight is 357 g/mol. The first-order chi connectivity index (χ1) is 11.6. The first-order valence-corrected chi connectivity index (χ1v) is 7.96. The Morgan fingerprint density at radius 1 is 0.875 bits per heavy atom. The number of benzene rings is 3. The van der Waals surface area contributed by atoms with Gasteiger partial charge in [0, 0.05) is 15.8 Å². The molecule has 0 N–H and O–H groups in total. The van der Waals surface area contributed by atoms with Crippen LogP contribution >= 0.6 is 23.2 Å². The molecule has 0 spiro atoms. The maximum atomic E-state index is 12.3. The zero-order valence-corrected chi connectivity index (χ0v) is 13.8. The first kappa shape index (κ1) is 15.1. The van der Waals surface area contributed by atoms with Crippen molar-refractivity contribution in [2.45, 2.75) is 0 Å². The van der Waals surface area contributed by atoms with Gasteiger partial charge in [-0.1, -0.05) is 41.4 Å². The van der Waals surface area contributed by atoms with Crippen molar-refractivity contribution in [2.75, 3.05) is 0 Å². The molecule has 0 aliphatic heterocycles. The molecular weight excluding hydrogens is 347 g/mol. The van der Waals surface area contributed by atoms with Crippen LogP contribution in [0, 0.1) is 0 Å². The van der Waals surface area contributed by atoms with Crippen LogP contribution in [0.1, 0.15) is 10.4 Å². The number of para-hydroxylation sites is 1. The fraction of sp³-hybridized carbons (Fsp3) is 0. The summed E-state index contributed by atoms with van der Waals surface area (Å²) in [4.78, 5) is 12.3. The summed E-state index contributed by atoms with van der Waals surface area (Å²) >= 11 is 12.0. The molecule has 0 fully saturated rings. The number of hydrogen-bond acceptors (Lipinski definition) is 3. The largest absolute Gasteiger partial charge is 0.456 e. The van der Waals surface area contributed by atoms with Crippen molar-refractivity contribution < 1.29 is 13.9 Å². The summed E-state index contributed by atoms with van der Waals surface area (Å²) in [6.07, 6.45) is 0. The number of hydrogen-bond donors (Lipinski definition) is 0. The Balaban J connectivity index is 1.73. The van der Waals surface area contributed by atoms with E-state index in [2.05, 4.69) is 0 Å². The van der Waals surface area contributed by atoms with E-state index in [4.69, 9.17) is 32.4 Å². The molecule has 4 rings (SSSR count). The number of fused-ring (bicyclic) bond motifs is 3. The van der Waals surface area contributed by atoms with Gasteiger partial charge in [0.15, 0.2) is 0 Å². The quantitative estimate of drug-likeness (QED) is 0.321. The van der Waals surface area contributed by atoms with Gasteiger partial charge in [0.1, 0.15) is 16.9 Å². The van der Waals surface area contributed by atoms with Crippen molar-refractivity contribution in [1.29, 1.82) is 0 Å². The van der Waals surface area contributed by atoms with E-state index in [1.807, 2.05) is 24.3 Å². The highest BCUT2D eigenvalue weighted by Crippen LogP contribution is 2.31. The predicted octanol–water partition coefficient (Wildman–Crippen LogP) is 6.11. The maximum absolute atomic E-state index is 12.3. The minimum atomic E-state index is -0.561. The van der Waals surface area contributed by atoms with Crippen LogP contribution in [0.5, 0.6) is 5.75 Å². The number of halogens is 2. The van der Waals surface area contributed by atoms with Gasteiger partial charge in [0.05, 0.1) is 10.6 Å². The lowest BCUT2D eigenvalue weighted by Crippen LogP contribution is -2.09. The monoisotopic (exact) mass is 356 g/mol. The summed E-state index contributed by atoms with van der Waals surface area (Å²) in [6, 6.07) is 17.6. The summed E-state index contributed by atoms with van der Waals surface area (Å²) < 4.78 is 11.2. The molecule has 1 aromatic heterocycles. The van der Waals surface area contributed by atoms with Gasteiger partial charge < -0.3 is 9.15 Å². The first-order valence-electron chi connectivity index (χ1n) is 7.20. The molecule has 5 heteroatoms. The van der Waals surface area contributed by atoms with Gasteiger partial charge in [-0.25, -0.2) is 4.79 Å². The van der Waals surface area contributed by atoms with Gasteiger partial charge in [-0.2, -0.15) is 0 Å². The van der Waals surface area contributed by atoms with Crippen LogP contribution in [0.3, 0.4) is 0 Å². The predicted molar refractivity (Wildman–Crippen MR) is 95.1 cm³/mol. The lowest BCUT2D eigenvalue weighted by atomic mass is 10.1. The third kappa shape index (κ3) is 2.62. The van der Waals surface area contributed by atoms with E-state index < -0.39 is 5.97 Å². The Kier molecular flexibility index (Phi) is 3.68. The Hall–Kier alpha value is -2.49. The normalized spacial score (nSPS) is 11.1. The van der Waals surface area contributed by atoms with Crippen molar-refractivity contribution in [3.63, 3.8) is 0 Å². The smallest absolute Gasteiger partial charge is 0.345 e. The summed E-state index contributed by atoms with van der Waals surface area (Å²) in [5.74, 6) is -0.148. The number of furan rings is 1. The van der Waals surface area contributed by atoms with Crippen LogP contribution in [0.15, 0.2) is 65.1 Å². The second-order valence-corrected chi connectivity index (χ2v) is 6.11. The van der Waals surface area contributed by atoms with E-state index in [0.717, 1.165) is 21.9 Å². The Bertz CT molecular complexity index is 1080. The van der Waals surface area contributed by atoms with Crippen molar-refractivity contribution in [3.05, 3.63) is 76.3 Å². The molecule has 0 bridgehead atoms. The standard InChI is InChI=1S/C19H10Cl2O3/c20-11-5-7-16(21)15(9-11)19(22)23-12-6-8-18-14(10-12)13-3-1-2-4-17(13)24-18/h1-10H. The second kappa shape index (κ2) is 5.86. The van der Waals surface area contributed by atoms with Crippen LogP contribution in [-0.2, 0) is 0 Å². The van der Waals surface area contributed by atoms with Gasteiger partial charge in [0.2, 0.25) is 0 Å². The minimum absolute atomic E-state index is 0.223. The third-order valence-electron chi connectivity index (χ3n) is 3.71. The van der Waals surface area contributed by atoms with Crippen LogP contribution in [-0.4, -0.2) is 5.97 Å². The molecule has 0 saturated carbocycles. The van der Waals surface area contributed by atoms with E-state index >= 15 is 0 Å². The Labute approximate surface area is 147 Å². The maximum Gasteiger partial charge on any atom is 0.345 e. The molecule has 3 nitrogen and oxygen atoms in total. The molecular formula is C19H10Cl2O3. The molecule has 118 valence electrons. The fourth-order valence-electron chi connectivity index (χ4n) is 2.58. The van der Waals surface area contributed by atoms with Crippen molar-refractivity contribution >= 4 is 51.1 Å². The highest BCUT2D eigenvalue weighted by molar-refractivity contribution is 6.35. The van der Waals surface area contributed by atoms with Gasteiger partial charge in [-0.05, 0) is 42.5 Å². The highest BCUT2D eigenvalue weighted by atomic mass is 35.5. The van der Waals surface area contributed by atoms with E-state index in [1.54, 1.807) is 30.3 Å². The Morgan fingerprint density at radius 2 is 1.67 bits per heavy atom. The molecule has 0 amide bonds. The summed E-state index contributed by atoms with van der Waals surface area (Å²) in [7, 11) is 0. The lowest BCUT2D eigenvalue weighted by molar-refractivity contribution is 0.0735. The van der Waals surface area contributed by atoms with Crippen molar-refractivity contribution in [3.8, 4) is 5.75 Å². The van der Waals surface area contributed by atoms with Crippen LogP contribution in [0.25, 0.3) is 21.9 Å². The second-order valence-electron chi connectivity index (χ2n) is 5.27. The molecule has 0 aliphatic carbocycles. The average Bonchev–Trinajstić information content (AvgIpc) is 2.95. The van der Waals surface area contributed by atoms with Gasteiger partial charge in [-0.15, -0.1) is 0 Å². The molecule has 24 heavy (non-hydrogen) atoms. The molecule has 1 heterocycles. The zero-order valence-electron chi connectivity index (χ0n) is 12.3. The van der Waals surface area contributed by atoms with E-state index in [9.17, 15) is 4.79 Å². The van der Waals surface area contributed by atoms with Gasteiger partial charge >= 0.3 is 5.97 Å². The molecule has 0 aliphatic rings. The number of ether oxygens (including phenoxy) is 1. The van der Waals surface area contributed by atoms with Crippen LogP contribution in [0.2, 0.25) is 10.0 Å². The zero-order chi connectivity index (χ0) is 16.7. The molecule has 0 radical (unpaired) electrons. The van der Waals surface area contributed by atoms with Crippen molar-refractivity contribution in [2.24, 2.45) is 0 Å². The van der Waals surface area contributed by atoms with Gasteiger partial charge in [0.25, 0.3) is 0 Å². The number of esters is 1. The van der Waals surface area contributed by atoms with Crippen LogP contribution < -0.4 is 4.74 Å². The molecule has 0 saturated heterocycles. The topological polar surface area (TPSA) is 39.4 Å². The molecule has 0 unspecified atom stereocenters. The van der Waals surface area contributed by atoms with Crippen LogP contribution in [0.4, 0.5) is 0 Å². The number of carbonyl (C=O) groups is 1. The van der Waals surface area contributed by atoms with E-state index in [1.165, 1.54) is 6.07 Å².